The van der Waals surface area contributed by atoms with Crippen molar-refractivity contribution in [2.75, 3.05) is 17.6 Å². The van der Waals surface area contributed by atoms with Crippen LogP contribution in [0.15, 0.2) is 6.20 Å². The Bertz CT molecular complexity index is 280. The molecule has 1 aromatic rings. The molecule has 1 aliphatic rings. The lowest BCUT2D eigenvalue weighted by Gasteiger charge is -2.11. The minimum Gasteiger partial charge on any atom is -0.368 e. The van der Waals surface area contributed by atoms with Gasteiger partial charge in [-0.25, -0.2) is 4.68 Å². The van der Waals surface area contributed by atoms with Gasteiger partial charge in [-0.15, -0.1) is 5.10 Å². The Labute approximate surface area is 88.4 Å². The summed E-state index contributed by atoms with van der Waals surface area (Å²) in [6.07, 6.45) is 4.50. The molecule has 0 bridgehead atoms. The first kappa shape index (κ1) is 9.83. The van der Waals surface area contributed by atoms with E-state index in [1.807, 2.05) is 4.68 Å². The van der Waals surface area contributed by atoms with Gasteiger partial charge in [0.25, 0.3) is 0 Å². The SMILES string of the molecule is CCn1nncc1NCC1CCCS1. The Balaban J connectivity index is 1.84. The molecule has 1 aliphatic heterocycles. The third-order valence-electron chi connectivity index (χ3n) is 2.45. The number of aryl methyl sites for hydroxylation is 1. The van der Waals surface area contributed by atoms with Crippen LogP contribution in [-0.2, 0) is 6.54 Å². The lowest BCUT2D eigenvalue weighted by Crippen LogP contribution is -2.16. The Morgan fingerprint density at radius 1 is 1.71 bits per heavy atom. The van der Waals surface area contributed by atoms with E-state index in [1.165, 1.54) is 18.6 Å². The van der Waals surface area contributed by atoms with E-state index in [0.717, 1.165) is 24.2 Å². The number of aromatic nitrogens is 3. The first-order valence-corrected chi connectivity index (χ1v) is 6.19. The van der Waals surface area contributed by atoms with Crippen LogP contribution in [0.4, 0.5) is 5.82 Å². The van der Waals surface area contributed by atoms with Gasteiger partial charge in [-0.05, 0) is 25.5 Å². The minimum atomic E-state index is 0.773. The predicted octanol–water partition coefficient (Wildman–Crippen LogP) is 1.61. The summed E-state index contributed by atoms with van der Waals surface area (Å²) >= 11 is 2.07. The van der Waals surface area contributed by atoms with Crippen LogP contribution in [0.2, 0.25) is 0 Å². The molecule has 0 amide bonds. The van der Waals surface area contributed by atoms with E-state index in [4.69, 9.17) is 0 Å². The first-order chi connectivity index (χ1) is 6.90. The van der Waals surface area contributed by atoms with Crippen LogP contribution >= 0.6 is 11.8 Å². The normalized spacial score (nSPS) is 21.4. The maximum Gasteiger partial charge on any atom is 0.144 e. The molecule has 78 valence electrons. The van der Waals surface area contributed by atoms with E-state index in [1.54, 1.807) is 6.20 Å². The third kappa shape index (κ3) is 2.20. The van der Waals surface area contributed by atoms with Crippen molar-refractivity contribution in [1.29, 1.82) is 0 Å². The summed E-state index contributed by atoms with van der Waals surface area (Å²) < 4.78 is 1.89. The second-order valence-electron chi connectivity index (χ2n) is 3.45. The molecule has 14 heavy (non-hydrogen) atoms. The number of thioether (sulfide) groups is 1. The molecule has 1 aromatic heterocycles. The fourth-order valence-electron chi connectivity index (χ4n) is 1.65. The zero-order valence-corrected chi connectivity index (χ0v) is 9.26. The number of hydrogen-bond donors (Lipinski definition) is 1. The van der Waals surface area contributed by atoms with E-state index in [-0.39, 0.29) is 0 Å². The highest BCUT2D eigenvalue weighted by atomic mass is 32.2. The van der Waals surface area contributed by atoms with Crippen LogP contribution in [0, 0.1) is 0 Å². The van der Waals surface area contributed by atoms with E-state index in [0.29, 0.717) is 0 Å². The predicted molar refractivity (Wildman–Crippen MR) is 59.7 cm³/mol. The molecule has 0 aliphatic carbocycles. The fraction of sp³-hybridized carbons (Fsp3) is 0.778. The molecule has 1 atom stereocenters. The summed E-state index contributed by atoms with van der Waals surface area (Å²) in [4.78, 5) is 0. The summed E-state index contributed by atoms with van der Waals surface area (Å²) in [5, 5.41) is 12.0. The molecule has 1 N–H and O–H groups in total. The highest BCUT2D eigenvalue weighted by molar-refractivity contribution is 8.00. The Hall–Kier alpha value is -0.710. The molecule has 0 aromatic carbocycles. The van der Waals surface area contributed by atoms with Gasteiger partial charge in [-0.2, -0.15) is 11.8 Å². The van der Waals surface area contributed by atoms with Gasteiger partial charge in [0.1, 0.15) is 5.82 Å². The fourth-order valence-corrected chi connectivity index (χ4v) is 2.85. The number of hydrogen-bond acceptors (Lipinski definition) is 4. The van der Waals surface area contributed by atoms with Crippen LogP contribution in [0.25, 0.3) is 0 Å². The van der Waals surface area contributed by atoms with Gasteiger partial charge in [-0.3, -0.25) is 0 Å². The molecule has 2 heterocycles. The molecular weight excluding hydrogens is 196 g/mol. The number of nitrogens with one attached hydrogen (secondary N) is 1. The second kappa shape index (κ2) is 4.68. The zero-order chi connectivity index (χ0) is 9.80. The molecule has 1 unspecified atom stereocenters. The summed E-state index contributed by atoms with van der Waals surface area (Å²) in [6.45, 7) is 3.99. The van der Waals surface area contributed by atoms with Crippen LogP contribution < -0.4 is 5.32 Å². The van der Waals surface area contributed by atoms with Crippen LogP contribution in [0.1, 0.15) is 19.8 Å². The van der Waals surface area contributed by atoms with Crippen LogP contribution in [0.5, 0.6) is 0 Å². The average molecular weight is 212 g/mol. The highest BCUT2D eigenvalue weighted by Crippen LogP contribution is 2.26. The largest absolute Gasteiger partial charge is 0.368 e. The van der Waals surface area contributed by atoms with Gasteiger partial charge < -0.3 is 5.32 Å². The summed E-state index contributed by atoms with van der Waals surface area (Å²) in [5.74, 6) is 2.36. The quantitative estimate of drug-likeness (QED) is 0.823. The third-order valence-corrected chi connectivity index (χ3v) is 3.85. The highest BCUT2D eigenvalue weighted by Gasteiger charge is 2.15. The van der Waals surface area contributed by atoms with Crippen molar-refractivity contribution in [2.24, 2.45) is 0 Å². The zero-order valence-electron chi connectivity index (χ0n) is 8.44. The Morgan fingerprint density at radius 3 is 3.36 bits per heavy atom. The Morgan fingerprint density at radius 2 is 2.64 bits per heavy atom. The summed E-state index contributed by atoms with van der Waals surface area (Å²) in [5.41, 5.74) is 0. The average Bonchev–Trinajstić information content (AvgIpc) is 2.85. The molecule has 0 spiro atoms. The summed E-state index contributed by atoms with van der Waals surface area (Å²) in [6, 6.07) is 0. The van der Waals surface area contributed by atoms with E-state index < -0.39 is 0 Å². The molecule has 2 rings (SSSR count). The lowest BCUT2D eigenvalue weighted by molar-refractivity contribution is 0.629. The first-order valence-electron chi connectivity index (χ1n) is 5.14. The van der Waals surface area contributed by atoms with E-state index in [9.17, 15) is 0 Å². The van der Waals surface area contributed by atoms with E-state index >= 15 is 0 Å². The molecule has 4 nitrogen and oxygen atoms in total. The van der Waals surface area contributed by atoms with E-state index in [2.05, 4.69) is 34.3 Å². The maximum absolute atomic E-state index is 3.98. The van der Waals surface area contributed by atoms with Gasteiger partial charge in [0, 0.05) is 18.3 Å². The van der Waals surface area contributed by atoms with Crippen molar-refractivity contribution < 1.29 is 0 Å². The minimum absolute atomic E-state index is 0.773. The van der Waals surface area contributed by atoms with Crippen molar-refractivity contribution in [3.63, 3.8) is 0 Å². The van der Waals surface area contributed by atoms with Crippen molar-refractivity contribution in [1.82, 2.24) is 15.0 Å². The number of anilines is 1. The summed E-state index contributed by atoms with van der Waals surface area (Å²) in [7, 11) is 0. The van der Waals surface area contributed by atoms with Gasteiger partial charge in [0.2, 0.25) is 0 Å². The maximum atomic E-state index is 3.98. The van der Waals surface area contributed by atoms with Gasteiger partial charge in [0.05, 0.1) is 6.20 Å². The van der Waals surface area contributed by atoms with Gasteiger partial charge in [0.15, 0.2) is 0 Å². The lowest BCUT2D eigenvalue weighted by atomic mass is 10.2. The molecule has 0 saturated carbocycles. The molecule has 0 radical (unpaired) electrons. The van der Waals surface area contributed by atoms with Crippen molar-refractivity contribution in [3.8, 4) is 0 Å². The second-order valence-corrected chi connectivity index (χ2v) is 4.86. The Kier molecular flexibility index (Phi) is 3.29. The number of rotatable bonds is 4. The van der Waals surface area contributed by atoms with Gasteiger partial charge in [-0.1, -0.05) is 5.21 Å². The standard InChI is InChI=1S/C9H16N4S/c1-2-13-9(7-11-12-13)10-6-8-4-3-5-14-8/h7-8,10H,2-6H2,1H3. The molecule has 5 heteroatoms. The monoisotopic (exact) mass is 212 g/mol. The molecular formula is C9H16N4S. The van der Waals surface area contributed by atoms with Gasteiger partial charge >= 0.3 is 0 Å². The molecule has 1 saturated heterocycles. The topological polar surface area (TPSA) is 42.7 Å². The molecule has 1 fully saturated rings. The smallest absolute Gasteiger partial charge is 0.144 e. The van der Waals surface area contributed by atoms with Crippen molar-refractivity contribution >= 4 is 17.6 Å². The van der Waals surface area contributed by atoms with Crippen LogP contribution in [-0.4, -0.2) is 32.5 Å². The van der Waals surface area contributed by atoms with Crippen molar-refractivity contribution in [3.05, 3.63) is 6.20 Å². The number of nitrogens with zero attached hydrogens (tertiary/aromatic N) is 3. The van der Waals surface area contributed by atoms with Crippen LogP contribution in [0.3, 0.4) is 0 Å². The van der Waals surface area contributed by atoms with Crippen molar-refractivity contribution in [2.45, 2.75) is 31.6 Å².